The third-order valence-corrected chi connectivity index (χ3v) is 1.75. The molecule has 11 heavy (non-hydrogen) atoms. The van der Waals surface area contributed by atoms with Gasteiger partial charge >= 0.3 is 0 Å². The van der Waals surface area contributed by atoms with Gasteiger partial charge in [-0.3, -0.25) is 0 Å². The average Bonchev–Trinajstić information content (AvgIpc) is 1.58. The van der Waals surface area contributed by atoms with Crippen molar-refractivity contribution in [3.8, 4) is 0 Å². The molecule has 0 atom stereocenters. The summed E-state index contributed by atoms with van der Waals surface area (Å²) in [5.41, 5.74) is 0. The minimum atomic E-state index is 0. The van der Waals surface area contributed by atoms with E-state index in [1.165, 1.54) is 12.8 Å². The first-order valence-corrected chi connectivity index (χ1v) is 4.52. The first-order valence-electron chi connectivity index (χ1n) is 4.52. The lowest BCUT2D eigenvalue weighted by Gasteiger charge is -2.15. The lowest BCUT2D eigenvalue weighted by molar-refractivity contribution is 0.368. The van der Waals surface area contributed by atoms with Gasteiger partial charge in [-0.2, -0.15) is 0 Å². The minimum absolute atomic E-state index is 0. The van der Waals surface area contributed by atoms with Gasteiger partial charge in [-0.15, -0.1) is 0 Å². The summed E-state index contributed by atoms with van der Waals surface area (Å²) in [5, 5.41) is 0. The SMILES string of the molecule is C.CC(C)CC(C)CC(C)C. The molecule has 0 spiro atoms. The second-order valence-corrected chi connectivity index (χ2v) is 4.36. The number of rotatable bonds is 4. The van der Waals surface area contributed by atoms with Crippen LogP contribution in [0.3, 0.4) is 0 Å². The minimum Gasteiger partial charge on any atom is -0.0776 e. The van der Waals surface area contributed by atoms with E-state index in [0.29, 0.717) is 0 Å². The second-order valence-electron chi connectivity index (χ2n) is 4.36. The summed E-state index contributed by atoms with van der Waals surface area (Å²) in [4.78, 5) is 0. The van der Waals surface area contributed by atoms with Gasteiger partial charge in [0.1, 0.15) is 0 Å². The van der Waals surface area contributed by atoms with Crippen molar-refractivity contribution in [1.29, 1.82) is 0 Å². The molecule has 0 unspecified atom stereocenters. The Morgan fingerprint density at radius 3 is 1.18 bits per heavy atom. The maximum absolute atomic E-state index is 2.36. The summed E-state index contributed by atoms with van der Waals surface area (Å²) >= 11 is 0. The first kappa shape index (κ1) is 13.6. The molecule has 70 valence electrons. The van der Waals surface area contributed by atoms with Crippen LogP contribution in [0, 0.1) is 17.8 Å². The van der Waals surface area contributed by atoms with E-state index in [1.807, 2.05) is 0 Å². The molecular weight excluding hydrogens is 132 g/mol. The van der Waals surface area contributed by atoms with Crippen molar-refractivity contribution in [2.45, 2.75) is 54.9 Å². The summed E-state index contributed by atoms with van der Waals surface area (Å²) in [6.45, 7) is 11.6. The van der Waals surface area contributed by atoms with Crippen molar-refractivity contribution in [2.24, 2.45) is 17.8 Å². The molecule has 0 saturated carbocycles. The van der Waals surface area contributed by atoms with Gasteiger partial charge in [-0.1, -0.05) is 42.0 Å². The largest absolute Gasteiger partial charge is 0.0776 e. The normalized spacial score (nSPS) is 10.9. The van der Waals surface area contributed by atoms with Crippen molar-refractivity contribution in [1.82, 2.24) is 0 Å². The molecule has 0 bridgehead atoms. The lowest BCUT2D eigenvalue weighted by Crippen LogP contribution is -2.03. The molecule has 0 aromatic carbocycles. The van der Waals surface area contributed by atoms with E-state index in [1.54, 1.807) is 0 Å². The monoisotopic (exact) mass is 158 g/mol. The number of hydrogen-bond donors (Lipinski definition) is 0. The van der Waals surface area contributed by atoms with Gasteiger partial charge in [0, 0.05) is 0 Å². The van der Waals surface area contributed by atoms with Crippen LogP contribution in [0.2, 0.25) is 0 Å². The smallest absolute Gasteiger partial charge is 0.0438 e. The van der Waals surface area contributed by atoms with E-state index in [2.05, 4.69) is 34.6 Å². The fraction of sp³-hybridized carbons (Fsp3) is 1.00. The maximum Gasteiger partial charge on any atom is -0.0438 e. The zero-order valence-electron chi connectivity index (χ0n) is 8.15. The van der Waals surface area contributed by atoms with Gasteiger partial charge in [0.25, 0.3) is 0 Å². The van der Waals surface area contributed by atoms with Crippen LogP contribution in [-0.4, -0.2) is 0 Å². The molecule has 0 aromatic heterocycles. The van der Waals surface area contributed by atoms with Gasteiger partial charge in [0.05, 0.1) is 0 Å². The quantitative estimate of drug-likeness (QED) is 0.570. The highest BCUT2D eigenvalue weighted by Gasteiger charge is 2.06. The van der Waals surface area contributed by atoms with Crippen LogP contribution in [0.1, 0.15) is 54.9 Å². The molecule has 0 aliphatic rings. The van der Waals surface area contributed by atoms with E-state index >= 15 is 0 Å². The van der Waals surface area contributed by atoms with Gasteiger partial charge < -0.3 is 0 Å². The van der Waals surface area contributed by atoms with E-state index in [-0.39, 0.29) is 7.43 Å². The van der Waals surface area contributed by atoms with Crippen molar-refractivity contribution in [3.63, 3.8) is 0 Å². The van der Waals surface area contributed by atoms with Crippen LogP contribution in [0.4, 0.5) is 0 Å². The molecule has 0 fully saturated rings. The summed E-state index contributed by atoms with van der Waals surface area (Å²) in [6, 6.07) is 0. The Hall–Kier alpha value is 0. The molecule has 0 aliphatic heterocycles. The third-order valence-electron chi connectivity index (χ3n) is 1.75. The predicted molar refractivity (Wildman–Crippen MR) is 54.8 cm³/mol. The topological polar surface area (TPSA) is 0 Å². The second kappa shape index (κ2) is 6.69. The Morgan fingerprint density at radius 2 is 1.00 bits per heavy atom. The first-order chi connectivity index (χ1) is 4.52. The molecule has 0 heterocycles. The standard InChI is InChI=1S/C10H22.CH4/c1-8(2)6-10(5)7-9(3)4;/h8-10H,6-7H2,1-5H3;1H4. The Balaban J connectivity index is 0. The zero-order chi connectivity index (χ0) is 8.15. The third kappa shape index (κ3) is 10.0. The van der Waals surface area contributed by atoms with Crippen molar-refractivity contribution >= 4 is 0 Å². The van der Waals surface area contributed by atoms with Crippen LogP contribution in [0.25, 0.3) is 0 Å². The van der Waals surface area contributed by atoms with Crippen LogP contribution in [0.5, 0.6) is 0 Å². The molecule has 0 saturated heterocycles. The molecule has 0 aromatic rings. The zero-order valence-corrected chi connectivity index (χ0v) is 8.15. The molecular formula is C11H26. The predicted octanol–water partition coefficient (Wildman–Crippen LogP) is 4.35. The van der Waals surface area contributed by atoms with Crippen LogP contribution >= 0.6 is 0 Å². The molecule has 0 rings (SSSR count). The molecule has 0 radical (unpaired) electrons. The molecule has 0 amide bonds. The highest BCUT2D eigenvalue weighted by atomic mass is 14.1. The average molecular weight is 158 g/mol. The van der Waals surface area contributed by atoms with Gasteiger partial charge in [0.15, 0.2) is 0 Å². The van der Waals surface area contributed by atoms with Gasteiger partial charge in [-0.25, -0.2) is 0 Å². The Kier molecular flexibility index (Phi) is 8.26. The van der Waals surface area contributed by atoms with Gasteiger partial charge in [0.2, 0.25) is 0 Å². The molecule has 0 aliphatic carbocycles. The highest BCUT2D eigenvalue weighted by molar-refractivity contribution is 4.57. The van der Waals surface area contributed by atoms with Crippen LogP contribution in [0.15, 0.2) is 0 Å². The van der Waals surface area contributed by atoms with E-state index in [4.69, 9.17) is 0 Å². The molecule has 0 N–H and O–H groups in total. The lowest BCUT2D eigenvalue weighted by atomic mass is 9.91. The van der Waals surface area contributed by atoms with E-state index in [0.717, 1.165) is 17.8 Å². The van der Waals surface area contributed by atoms with Crippen LogP contribution in [-0.2, 0) is 0 Å². The fourth-order valence-corrected chi connectivity index (χ4v) is 1.71. The Morgan fingerprint density at radius 1 is 0.727 bits per heavy atom. The Labute approximate surface area is 73.4 Å². The van der Waals surface area contributed by atoms with Crippen molar-refractivity contribution in [3.05, 3.63) is 0 Å². The molecule has 0 nitrogen and oxygen atoms in total. The summed E-state index contributed by atoms with van der Waals surface area (Å²) in [6.07, 6.45) is 2.77. The van der Waals surface area contributed by atoms with E-state index < -0.39 is 0 Å². The van der Waals surface area contributed by atoms with Gasteiger partial charge in [-0.05, 0) is 30.6 Å². The maximum atomic E-state index is 2.36. The summed E-state index contributed by atoms with van der Waals surface area (Å²) in [7, 11) is 0. The van der Waals surface area contributed by atoms with Crippen LogP contribution < -0.4 is 0 Å². The summed E-state index contributed by atoms with van der Waals surface area (Å²) in [5.74, 6) is 2.66. The highest BCUT2D eigenvalue weighted by Crippen LogP contribution is 2.18. The molecule has 0 heteroatoms. The van der Waals surface area contributed by atoms with Crippen molar-refractivity contribution < 1.29 is 0 Å². The number of hydrogen-bond acceptors (Lipinski definition) is 0. The fourth-order valence-electron chi connectivity index (χ4n) is 1.71. The van der Waals surface area contributed by atoms with E-state index in [9.17, 15) is 0 Å². The van der Waals surface area contributed by atoms with Crippen molar-refractivity contribution in [2.75, 3.05) is 0 Å². The summed E-state index contributed by atoms with van der Waals surface area (Å²) < 4.78 is 0. The Bertz CT molecular complexity index is 62.1.